The molecule has 5 heteroatoms. The first-order chi connectivity index (χ1) is 10.2. The summed E-state index contributed by atoms with van der Waals surface area (Å²) in [6.45, 7) is 5.00. The van der Waals surface area contributed by atoms with E-state index in [4.69, 9.17) is 9.47 Å². The van der Waals surface area contributed by atoms with Crippen molar-refractivity contribution in [2.75, 3.05) is 33.4 Å². The van der Waals surface area contributed by atoms with Crippen LogP contribution in [0.25, 0.3) is 0 Å². The highest BCUT2D eigenvalue weighted by atomic mass is 16.5. The summed E-state index contributed by atoms with van der Waals surface area (Å²) in [4.78, 5) is 14.6. The molecule has 2 heterocycles. The number of hydrogen-bond donors (Lipinski definition) is 1. The van der Waals surface area contributed by atoms with Gasteiger partial charge in [0.05, 0.1) is 13.0 Å². The van der Waals surface area contributed by atoms with Crippen molar-refractivity contribution in [1.29, 1.82) is 0 Å². The molecule has 1 aromatic carbocycles. The molecule has 1 aromatic rings. The SMILES string of the molecule is COc1ccc2c(c1)OC[C@H](C(=O)N1CCN[C@@H](C)C1)C2. The molecule has 1 amide bonds. The van der Waals surface area contributed by atoms with E-state index < -0.39 is 0 Å². The van der Waals surface area contributed by atoms with Gasteiger partial charge in [-0.3, -0.25) is 4.79 Å². The number of hydrogen-bond acceptors (Lipinski definition) is 4. The average molecular weight is 290 g/mol. The lowest BCUT2D eigenvalue weighted by Crippen LogP contribution is -2.53. The summed E-state index contributed by atoms with van der Waals surface area (Å²) in [5, 5.41) is 3.36. The lowest BCUT2D eigenvalue weighted by molar-refractivity contribution is -0.138. The van der Waals surface area contributed by atoms with Crippen molar-refractivity contribution < 1.29 is 14.3 Å². The molecule has 0 spiro atoms. The van der Waals surface area contributed by atoms with Crippen molar-refractivity contribution in [2.24, 2.45) is 5.92 Å². The maximum absolute atomic E-state index is 12.6. The molecule has 0 bridgehead atoms. The molecule has 0 aliphatic carbocycles. The molecular formula is C16H22N2O3. The minimum atomic E-state index is -0.0730. The number of amides is 1. The number of rotatable bonds is 2. The molecule has 1 N–H and O–H groups in total. The van der Waals surface area contributed by atoms with Gasteiger partial charge in [-0.15, -0.1) is 0 Å². The molecule has 1 fully saturated rings. The zero-order valence-electron chi connectivity index (χ0n) is 12.6. The number of carbonyl (C=O) groups is 1. The smallest absolute Gasteiger partial charge is 0.229 e. The molecule has 21 heavy (non-hydrogen) atoms. The number of fused-ring (bicyclic) bond motifs is 1. The molecule has 0 radical (unpaired) electrons. The quantitative estimate of drug-likeness (QED) is 0.885. The van der Waals surface area contributed by atoms with Gasteiger partial charge >= 0.3 is 0 Å². The van der Waals surface area contributed by atoms with Crippen LogP contribution in [0.2, 0.25) is 0 Å². The van der Waals surface area contributed by atoms with Crippen LogP contribution in [0.5, 0.6) is 11.5 Å². The molecule has 114 valence electrons. The van der Waals surface area contributed by atoms with Crippen LogP contribution >= 0.6 is 0 Å². The van der Waals surface area contributed by atoms with Gasteiger partial charge in [-0.05, 0) is 25.0 Å². The third-order valence-corrected chi connectivity index (χ3v) is 4.21. The largest absolute Gasteiger partial charge is 0.497 e. The number of ether oxygens (including phenoxy) is 2. The van der Waals surface area contributed by atoms with Gasteiger partial charge in [0.15, 0.2) is 0 Å². The normalized spacial score (nSPS) is 25.0. The van der Waals surface area contributed by atoms with Crippen LogP contribution < -0.4 is 14.8 Å². The molecule has 2 aliphatic rings. The second-order valence-electron chi connectivity index (χ2n) is 5.83. The van der Waals surface area contributed by atoms with Crippen molar-refractivity contribution in [3.05, 3.63) is 23.8 Å². The fraction of sp³-hybridized carbons (Fsp3) is 0.562. The standard InChI is InChI=1S/C16H22N2O3/c1-11-9-18(6-5-17-11)16(19)13-7-12-3-4-14(20-2)8-15(12)21-10-13/h3-4,8,11,13,17H,5-7,9-10H2,1-2H3/t11-,13+/m0/s1. The third-order valence-electron chi connectivity index (χ3n) is 4.21. The summed E-state index contributed by atoms with van der Waals surface area (Å²) >= 11 is 0. The summed E-state index contributed by atoms with van der Waals surface area (Å²) in [6.07, 6.45) is 0.746. The van der Waals surface area contributed by atoms with E-state index in [0.717, 1.165) is 43.1 Å². The van der Waals surface area contributed by atoms with Crippen LogP contribution in [-0.2, 0) is 11.2 Å². The Labute approximate surface area is 125 Å². The lowest BCUT2D eigenvalue weighted by atomic mass is 9.95. The predicted molar refractivity (Wildman–Crippen MR) is 79.7 cm³/mol. The number of nitrogens with zero attached hydrogens (tertiary/aromatic N) is 1. The van der Waals surface area contributed by atoms with E-state index in [1.165, 1.54) is 0 Å². The van der Waals surface area contributed by atoms with Crippen molar-refractivity contribution in [2.45, 2.75) is 19.4 Å². The van der Waals surface area contributed by atoms with Gasteiger partial charge in [0.2, 0.25) is 5.91 Å². The van der Waals surface area contributed by atoms with Gasteiger partial charge in [0.25, 0.3) is 0 Å². The summed E-state index contributed by atoms with van der Waals surface area (Å²) < 4.78 is 11.0. The van der Waals surface area contributed by atoms with Gasteiger partial charge in [0.1, 0.15) is 18.1 Å². The zero-order chi connectivity index (χ0) is 14.8. The second-order valence-corrected chi connectivity index (χ2v) is 5.83. The van der Waals surface area contributed by atoms with Gasteiger partial charge in [-0.25, -0.2) is 0 Å². The average Bonchev–Trinajstić information content (AvgIpc) is 2.53. The van der Waals surface area contributed by atoms with Gasteiger partial charge < -0.3 is 19.7 Å². The minimum absolute atomic E-state index is 0.0730. The predicted octanol–water partition coefficient (Wildman–Crippen LogP) is 1.07. The Balaban J connectivity index is 1.69. The fourth-order valence-corrected chi connectivity index (χ4v) is 3.03. The molecule has 0 saturated carbocycles. The van der Waals surface area contributed by atoms with Crippen LogP contribution in [0.1, 0.15) is 12.5 Å². The highest BCUT2D eigenvalue weighted by molar-refractivity contribution is 5.80. The van der Waals surface area contributed by atoms with Gasteiger partial charge in [-0.1, -0.05) is 6.07 Å². The van der Waals surface area contributed by atoms with E-state index in [0.29, 0.717) is 12.6 Å². The van der Waals surface area contributed by atoms with Gasteiger partial charge in [0, 0.05) is 31.7 Å². The summed E-state index contributed by atoms with van der Waals surface area (Å²) in [5.41, 5.74) is 1.09. The maximum Gasteiger partial charge on any atom is 0.229 e. The minimum Gasteiger partial charge on any atom is -0.497 e. The molecule has 1 saturated heterocycles. The first-order valence-electron chi connectivity index (χ1n) is 7.49. The number of piperazine rings is 1. The molecule has 2 atom stereocenters. The zero-order valence-corrected chi connectivity index (χ0v) is 12.6. The Morgan fingerprint density at radius 2 is 2.33 bits per heavy atom. The van der Waals surface area contributed by atoms with Gasteiger partial charge in [-0.2, -0.15) is 0 Å². The third kappa shape index (κ3) is 2.97. The van der Waals surface area contributed by atoms with Crippen LogP contribution in [0.15, 0.2) is 18.2 Å². The van der Waals surface area contributed by atoms with Crippen molar-refractivity contribution in [3.63, 3.8) is 0 Å². The Hall–Kier alpha value is -1.75. The fourth-order valence-electron chi connectivity index (χ4n) is 3.03. The van der Waals surface area contributed by atoms with Crippen molar-refractivity contribution >= 4 is 5.91 Å². The number of benzene rings is 1. The van der Waals surface area contributed by atoms with E-state index in [9.17, 15) is 4.79 Å². The second kappa shape index (κ2) is 5.93. The highest BCUT2D eigenvalue weighted by Crippen LogP contribution is 2.31. The van der Waals surface area contributed by atoms with Crippen molar-refractivity contribution in [1.82, 2.24) is 10.2 Å². The van der Waals surface area contributed by atoms with Crippen LogP contribution in [0.3, 0.4) is 0 Å². The molecular weight excluding hydrogens is 268 g/mol. The molecule has 0 unspecified atom stereocenters. The molecule has 3 rings (SSSR count). The first kappa shape index (κ1) is 14.2. The summed E-state index contributed by atoms with van der Waals surface area (Å²) in [5.74, 6) is 1.77. The monoisotopic (exact) mass is 290 g/mol. The molecule has 2 aliphatic heterocycles. The number of nitrogens with one attached hydrogen (secondary N) is 1. The Morgan fingerprint density at radius 3 is 3.10 bits per heavy atom. The van der Waals surface area contributed by atoms with E-state index in [1.54, 1.807) is 7.11 Å². The molecule has 5 nitrogen and oxygen atoms in total. The summed E-state index contributed by atoms with van der Waals surface area (Å²) in [7, 11) is 1.64. The van der Waals surface area contributed by atoms with E-state index in [1.807, 2.05) is 23.1 Å². The van der Waals surface area contributed by atoms with Crippen LogP contribution in [-0.4, -0.2) is 50.2 Å². The Bertz CT molecular complexity index is 532. The number of carbonyl (C=O) groups excluding carboxylic acids is 1. The Morgan fingerprint density at radius 1 is 1.48 bits per heavy atom. The van der Waals surface area contributed by atoms with E-state index >= 15 is 0 Å². The Kier molecular flexibility index (Phi) is 4.01. The first-order valence-corrected chi connectivity index (χ1v) is 7.49. The van der Waals surface area contributed by atoms with Crippen molar-refractivity contribution in [3.8, 4) is 11.5 Å². The highest BCUT2D eigenvalue weighted by Gasteiger charge is 2.31. The van der Waals surface area contributed by atoms with E-state index in [-0.39, 0.29) is 11.8 Å². The molecule has 0 aromatic heterocycles. The topological polar surface area (TPSA) is 50.8 Å². The van der Waals surface area contributed by atoms with E-state index in [2.05, 4.69) is 12.2 Å². The van der Waals surface area contributed by atoms with Crippen LogP contribution in [0, 0.1) is 5.92 Å². The number of methoxy groups -OCH3 is 1. The summed E-state index contributed by atoms with van der Waals surface area (Å²) in [6, 6.07) is 6.17. The maximum atomic E-state index is 12.6. The lowest BCUT2D eigenvalue weighted by Gasteiger charge is -2.35. The van der Waals surface area contributed by atoms with Crippen LogP contribution in [0.4, 0.5) is 0 Å².